The summed E-state index contributed by atoms with van der Waals surface area (Å²) in [6.07, 6.45) is 2.21. The summed E-state index contributed by atoms with van der Waals surface area (Å²) in [6.45, 7) is 0. The van der Waals surface area contributed by atoms with E-state index in [2.05, 4.69) is 6.07 Å². The SMILES string of the molecule is CN(C(=O)C1(C#N)CCC1)c1ccc(C#N)cc1. The third kappa shape index (κ3) is 1.83. The number of rotatable bonds is 2. The molecule has 0 spiro atoms. The van der Waals surface area contributed by atoms with Crippen LogP contribution in [0.3, 0.4) is 0 Å². The molecule has 1 amide bonds. The number of carbonyl (C=O) groups excluding carboxylic acids is 1. The first kappa shape index (κ1) is 12.1. The van der Waals surface area contributed by atoms with Crippen LogP contribution in [0.25, 0.3) is 0 Å². The van der Waals surface area contributed by atoms with E-state index in [4.69, 9.17) is 10.5 Å². The summed E-state index contributed by atoms with van der Waals surface area (Å²) in [4.78, 5) is 13.8. The second-order valence-corrected chi connectivity index (χ2v) is 4.57. The van der Waals surface area contributed by atoms with Crippen molar-refractivity contribution in [2.75, 3.05) is 11.9 Å². The molecule has 0 bridgehead atoms. The molecule has 1 aromatic carbocycles. The van der Waals surface area contributed by atoms with Crippen LogP contribution in [0.15, 0.2) is 24.3 Å². The molecule has 4 heteroatoms. The number of benzene rings is 1. The normalized spacial score (nSPS) is 15.9. The Morgan fingerprint density at radius 2 is 1.89 bits per heavy atom. The lowest BCUT2D eigenvalue weighted by Crippen LogP contribution is -2.45. The molecule has 18 heavy (non-hydrogen) atoms. The van der Waals surface area contributed by atoms with Gasteiger partial charge in [0.15, 0.2) is 0 Å². The lowest BCUT2D eigenvalue weighted by Gasteiger charge is -2.36. The fourth-order valence-electron chi connectivity index (χ4n) is 2.10. The molecular weight excluding hydrogens is 226 g/mol. The van der Waals surface area contributed by atoms with Gasteiger partial charge in [-0.1, -0.05) is 0 Å². The highest BCUT2D eigenvalue weighted by Crippen LogP contribution is 2.42. The van der Waals surface area contributed by atoms with Crippen molar-refractivity contribution in [3.8, 4) is 12.1 Å². The van der Waals surface area contributed by atoms with Crippen molar-refractivity contribution >= 4 is 11.6 Å². The molecule has 0 radical (unpaired) electrons. The molecule has 1 saturated carbocycles. The molecular formula is C14H13N3O. The van der Waals surface area contributed by atoms with E-state index in [1.807, 2.05) is 6.07 Å². The second kappa shape index (κ2) is 4.50. The van der Waals surface area contributed by atoms with E-state index >= 15 is 0 Å². The number of anilines is 1. The summed E-state index contributed by atoms with van der Waals surface area (Å²) in [7, 11) is 1.67. The summed E-state index contributed by atoms with van der Waals surface area (Å²) in [5.74, 6) is -0.152. The number of hydrogen-bond donors (Lipinski definition) is 0. The minimum Gasteiger partial charge on any atom is -0.314 e. The van der Waals surface area contributed by atoms with Gasteiger partial charge in [-0.2, -0.15) is 10.5 Å². The van der Waals surface area contributed by atoms with Crippen molar-refractivity contribution < 1.29 is 4.79 Å². The zero-order chi connectivity index (χ0) is 13.2. The number of hydrogen-bond acceptors (Lipinski definition) is 3. The van der Waals surface area contributed by atoms with Gasteiger partial charge in [-0.05, 0) is 43.5 Å². The van der Waals surface area contributed by atoms with Gasteiger partial charge in [0.1, 0.15) is 5.41 Å². The minimum absolute atomic E-state index is 0.152. The maximum Gasteiger partial charge on any atom is 0.247 e. The maximum absolute atomic E-state index is 12.3. The first-order valence-corrected chi connectivity index (χ1v) is 5.82. The van der Waals surface area contributed by atoms with Crippen molar-refractivity contribution in [1.82, 2.24) is 0 Å². The topological polar surface area (TPSA) is 67.9 Å². The summed E-state index contributed by atoms with van der Waals surface area (Å²) in [5.41, 5.74) is 0.432. The van der Waals surface area contributed by atoms with Crippen molar-refractivity contribution in [2.45, 2.75) is 19.3 Å². The number of carbonyl (C=O) groups is 1. The van der Waals surface area contributed by atoms with Crippen LogP contribution in [-0.4, -0.2) is 13.0 Å². The molecule has 0 unspecified atom stereocenters. The predicted octanol–water partition coefficient (Wildman–Crippen LogP) is 2.21. The molecule has 1 aromatic rings. The molecule has 90 valence electrons. The van der Waals surface area contributed by atoms with Crippen molar-refractivity contribution in [1.29, 1.82) is 10.5 Å². The smallest absolute Gasteiger partial charge is 0.247 e. The molecule has 1 aliphatic carbocycles. The standard InChI is InChI=1S/C14H13N3O/c1-17(12-5-3-11(9-15)4-6-12)13(18)14(10-16)7-2-8-14/h3-6H,2,7-8H2,1H3. The monoisotopic (exact) mass is 239 g/mol. The Morgan fingerprint density at radius 3 is 2.28 bits per heavy atom. The average molecular weight is 239 g/mol. The Kier molecular flexibility index (Phi) is 3.04. The minimum atomic E-state index is -0.831. The van der Waals surface area contributed by atoms with Crippen molar-refractivity contribution in [3.05, 3.63) is 29.8 Å². The van der Waals surface area contributed by atoms with Crippen LogP contribution in [0.4, 0.5) is 5.69 Å². The first-order chi connectivity index (χ1) is 8.63. The fourth-order valence-corrected chi connectivity index (χ4v) is 2.10. The summed E-state index contributed by atoms with van der Waals surface area (Å²) in [5, 5.41) is 17.9. The summed E-state index contributed by atoms with van der Waals surface area (Å²) < 4.78 is 0. The average Bonchev–Trinajstić information content (AvgIpc) is 2.37. The molecule has 0 heterocycles. The van der Waals surface area contributed by atoms with E-state index in [0.717, 1.165) is 6.42 Å². The van der Waals surface area contributed by atoms with Gasteiger partial charge in [0.25, 0.3) is 0 Å². The molecule has 0 saturated heterocycles. The largest absolute Gasteiger partial charge is 0.314 e. The van der Waals surface area contributed by atoms with Gasteiger partial charge in [0.05, 0.1) is 17.7 Å². The highest BCUT2D eigenvalue weighted by molar-refractivity contribution is 5.99. The first-order valence-electron chi connectivity index (χ1n) is 5.82. The second-order valence-electron chi connectivity index (χ2n) is 4.57. The number of amides is 1. The van der Waals surface area contributed by atoms with Crippen LogP contribution in [0, 0.1) is 28.1 Å². The molecule has 1 fully saturated rings. The third-order valence-electron chi connectivity index (χ3n) is 3.52. The van der Waals surface area contributed by atoms with E-state index in [1.165, 1.54) is 4.90 Å². The molecule has 1 aliphatic rings. The quantitative estimate of drug-likeness (QED) is 0.794. The summed E-state index contributed by atoms with van der Waals surface area (Å²) >= 11 is 0. The van der Waals surface area contributed by atoms with Gasteiger partial charge in [-0.3, -0.25) is 4.79 Å². The Hall–Kier alpha value is -2.33. The zero-order valence-electron chi connectivity index (χ0n) is 10.2. The molecule has 0 aromatic heterocycles. The molecule has 2 rings (SSSR count). The predicted molar refractivity (Wildman–Crippen MR) is 66.5 cm³/mol. The van der Waals surface area contributed by atoms with Gasteiger partial charge in [-0.15, -0.1) is 0 Å². The Labute approximate surface area is 106 Å². The van der Waals surface area contributed by atoms with Gasteiger partial charge < -0.3 is 4.90 Å². The Bertz CT molecular complexity index is 544. The summed E-state index contributed by atoms with van der Waals surface area (Å²) in [6, 6.07) is 11.0. The van der Waals surface area contributed by atoms with Crippen LogP contribution < -0.4 is 4.90 Å². The van der Waals surface area contributed by atoms with Crippen LogP contribution >= 0.6 is 0 Å². The molecule has 0 aliphatic heterocycles. The van der Waals surface area contributed by atoms with Gasteiger partial charge >= 0.3 is 0 Å². The Balaban J connectivity index is 2.21. The van der Waals surface area contributed by atoms with Gasteiger partial charge in [0.2, 0.25) is 5.91 Å². The van der Waals surface area contributed by atoms with E-state index < -0.39 is 5.41 Å². The van der Waals surface area contributed by atoms with E-state index in [9.17, 15) is 4.79 Å². The molecule has 0 N–H and O–H groups in total. The van der Waals surface area contributed by atoms with Gasteiger partial charge in [0, 0.05) is 12.7 Å². The van der Waals surface area contributed by atoms with Gasteiger partial charge in [-0.25, -0.2) is 0 Å². The van der Waals surface area contributed by atoms with E-state index in [-0.39, 0.29) is 5.91 Å². The van der Waals surface area contributed by atoms with Crippen LogP contribution in [-0.2, 0) is 4.79 Å². The van der Waals surface area contributed by atoms with Crippen LogP contribution in [0.5, 0.6) is 0 Å². The zero-order valence-corrected chi connectivity index (χ0v) is 10.2. The van der Waals surface area contributed by atoms with E-state index in [0.29, 0.717) is 24.1 Å². The lowest BCUT2D eigenvalue weighted by atomic mass is 9.69. The lowest BCUT2D eigenvalue weighted by molar-refractivity contribution is -0.128. The fraction of sp³-hybridized carbons (Fsp3) is 0.357. The maximum atomic E-state index is 12.3. The van der Waals surface area contributed by atoms with Crippen molar-refractivity contribution in [3.63, 3.8) is 0 Å². The third-order valence-corrected chi connectivity index (χ3v) is 3.52. The van der Waals surface area contributed by atoms with Crippen molar-refractivity contribution in [2.24, 2.45) is 5.41 Å². The number of nitriles is 2. The van der Waals surface area contributed by atoms with Crippen LogP contribution in [0.1, 0.15) is 24.8 Å². The highest BCUT2D eigenvalue weighted by Gasteiger charge is 2.46. The van der Waals surface area contributed by atoms with Crippen LogP contribution in [0.2, 0.25) is 0 Å². The molecule has 4 nitrogen and oxygen atoms in total. The Morgan fingerprint density at radius 1 is 1.28 bits per heavy atom. The van der Waals surface area contributed by atoms with E-state index in [1.54, 1.807) is 31.3 Å². The highest BCUT2D eigenvalue weighted by atomic mass is 16.2. The number of nitrogens with zero attached hydrogens (tertiary/aromatic N) is 3. The molecule has 0 atom stereocenters.